The molecule has 2 nitrogen and oxygen atoms in total. The number of rotatable bonds is 5. The molecule has 11 rings (SSSR count). The molecule has 56 heavy (non-hydrogen) atoms. The molecule has 0 unspecified atom stereocenters. The first-order valence-electron chi connectivity index (χ1n) is 19.1. The van der Waals surface area contributed by atoms with Crippen LogP contribution in [0.4, 0.5) is 0 Å². The predicted octanol–water partition coefficient (Wildman–Crippen LogP) is 14.6. The van der Waals surface area contributed by atoms with Crippen molar-refractivity contribution in [3.05, 3.63) is 207 Å². The fraction of sp³-hybridized carbons (Fsp3) is 0. The molecule has 2 aromatic heterocycles. The third-order valence-electron chi connectivity index (χ3n) is 11.4. The van der Waals surface area contributed by atoms with Crippen LogP contribution in [0.2, 0.25) is 0 Å². The molecule has 0 saturated carbocycles. The Bertz CT molecular complexity index is 3160. The number of nitrogens with zero attached hydrogens (tertiary/aromatic N) is 2. The highest BCUT2D eigenvalue weighted by molar-refractivity contribution is 6.22. The van der Waals surface area contributed by atoms with Crippen LogP contribution in [0.15, 0.2) is 207 Å². The maximum Gasteiger partial charge on any atom is 0.0353 e. The third-order valence-corrected chi connectivity index (χ3v) is 11.4. The zero-order chi connectivity index (χ0) is 37.0. The molecular formula is C54H34N2. The van der Waals surface area contributed by atoms with Crippen LogP contribution in [-0.2, 0) is 0 Å². The second-order valence-corrected chi connectivity index (χ2v) is 14.5. The number of hydrogen-bond donors (Lipinski definition) is 0. The highest BCUT2D eigenvalue weighted by Gasteiger charge is 2.19. The Hall–Kier alpha value is -7.42. The van der Waals surface area contributed by atoms with Gasteiger partial charge in [-0.1, -0.05) is 164 Å². The normalized spacial score (nSPS) is 11.6. The lowest BCUT2D eigenvalue weighted by molar-refractivity contribution is 1.37. The van der Waals surface area contributed by atoms with Crippen molar-refractivity contribution in [2.24, 2.45) is 0 Å². The molecular weight excluding hydrogens is 677 g/mol. The average molecular weight is 711 g/mol. The van der Waals surface area contributed by atoms with Gasteiger partial charge in [-0.2, -0.15) is 0 Å². The maximum atomic E-state index is 4.64. The van der Waals surface area contributed by atoms with Gasteiger partial charge in [0.25, 0.3) is 0 Å². The minimum Gasteiger partial charge on any atom is -0.264 e. The summed E-state index contributed by atoms with van der Waals surface area (Å²) in [6, 6.07) is 66.0. The third kappa shape index (κ3) is 5.19. The van der Waals surface area contributed by atoms with Gasteiger partial charge in [-0.3, -0.25) is 9.97 Å². The van der Waals surface area contributed by atoms with Crippen LogP contribution in [-0.4, -0.2) is 9.97 Å². The summed E-state index contributed by atoms with van der Waals surface area (Å²) in [6.07, 6.45) is 7.87. The van der Waals surface area contributed by atoms with E-state index in [0.29, 0.717) is 0 Å². The van der Waals surface area contributed by atoms with Gasteiger partial charge in [0.15, 0.2) is 0 Å². The molecule has 0 spiro atoms. The van der Waals surface area contributed by atoms with Crippen molar-refractivity contribution in [2.75, 3.05) is 0 Å². The number of fused-ring (bicyclic) bond motifs is 5. The van der Waals surface area contributed by atoms with Gasteiger partial charge < -0.3 is 0 Å². The molecule has 2 heterocycles. The van der Waals surface area contributed by atoms with E-state index in [1.54, 1.807) is 0 Å². The standard InChI is InChI=1S/C54H34N2/c1-2-11-38(12-3-1)51-43-14-6-7-15-44(43)52(49-33-55-30-28-47(49)51)39-23-18-36(19-24-39)37-20-25-40(26-21-37)53-45-16-8-9-17-46(45)54(48-29-31-56-34-50(48)53)42-27-22-35-10-4-5-13-41(35)32-42/h1-34H. The van der Waals surface area contributed by atoms with E-state index >= 15 is 0 Å². The van der Waals surface area contributed by atoms with Crippen molar-refractivity contribution in [1.29, 1.82) is 0 Å². The van der Waals surface area contributed by atoms with Gasteiger partial charge >= 0.3 is 0 Å². The molecule has 0 aliphatic rings. The Morgan fingerprint density at radius 2 is 0.589 bits per heavy atom. The van der Waals surface area contributed by atoms with Crippen LogP contribution < -0.4 is 0 Å². The zero-order valence-corrected chi connectivity index (χ0v) is 30.5. The largest absolute Gasteiger partial charge is 0.264 e. The van der Waals surface area contributed by atoms with Gasteiger partial charge in [0, 0.05) is 35.6 Å². The summed E-state index contributed by atoms with van der Waals surface area (Å²) in [5.41, 5.74) is 12.0. The number of benzene rings is 9. The molecule has 0 bridgehead atoms. The van der Waals surface area contributed by atoms with Gasteiger partial charge in [-0.25, -0.2) is 0 Å². The van der Waals surface area contributed by atoms with E-state index in [1.807, 2.05) is 24.8 Å². The molecule has 0 fully saturated rings. The molecule has 0 amide bonds. The quantitative estimate of drug-likeness (QED) is 0.166. The summed E-state index contributed by atoms with van der Waals surface area (Å²) >= 11 is 0. The van der Waals surface area contributed by atoms with Crippen molar-refractivity contribution in [1.82, 2.24) is 9.97 Å². The maximum absolute atomic E-state index is 4.64. The van der Waals surface area contributed by atoms with Crippen LogP contribution in [0.1, 0.15) is 0 Å². The van der Waals surface area contributed by atoms with E-state index in [1.165, 1.54) is 98.7 Å². The summed E-state index contributed by atoms with van der Waals surface area (Å²) in [5, 5.41) is 12.1. The highest BCUT2D eigenvalue weighted by Crippen LogP contribution is 2.46. The van der Waals surface area contributed by atoms with E-state index in [4.69, 9.17) is 0 Å². The average Bonchev–Trinajstić information content (AvgIpc) is 3.27. The Balaban J connectivity index is 1.01. The first-order valence-corrected chi connectivity index (χ1v) is 19.1. The smallest absolute Gasteiger partial charge is 0.0353 e. The molecule has 0 atom stereocenters. The van der Waals surface area contributed by atoms with E-state index in [9.17, 15) is 0 Å². The lowest BCUT2D eigenvalue weighted by Gasteiger charge is -2.18. The van der Waals surface area contributed by atoms with Gasteiger partial charge in [-0.05, 0) is 117 Å². The zero-order valence-electron chi connectivity index (χ0n) is 30.5. The summed E-state index contributed by atoms with van der Waals surface area (Å²) < 4.78 is 0. The number of aromatic nitrogens is 2. The van der Waals surface area contributed by atoms with E-state index in [-0.39, 0.29) is 0 Å². The first kappa shape index (κ1) is 32.0. The van der Waals surface area contributed by atoms with Crippen LogP contribution in [0.5, 0.6) is 0 Å². The predicted molar refractivity (Wildman–Crippen MR) is 237 cm³/mol. The molecule has 0 N–H and O–H groups in total. The van der Waals surface area contributed by atoms with E-state index in [0.717, 1.165) is 10.8 Å². The number of pyridine rings is 2. The first-order chi connectivity index (χ1) is 27.8. The minimum absolute atomic E-state index is 1.15. The topological polar surface area (TPSA) is 25.8 Å². The molecule has 2 heteroatoms. The van der Waals surface area contributed by atoms with Crippen molar-refractivity contribution < 1.29 is 0 Å². The fourth-order valence-electron chi connectivity index (χ4n) is 8.89. The summed E-state index contributed by atoms with van der Waals surface area (Å²) in [7, 11) is 0. The summed E-state index contributed by atoms with van der Waals surface area (Å²) in [4.78, 5) is 9.25. The fourth-order valence-corrected chi connectivity index (χ4v) is 8.89. The van der Waals surface area contributed by atoms with E-state index in [2.05, 4.69) is 192 Å². The minimum atomic E-state index is 1.15. The molecule has 0 aliphatic heterocycles. The van der Waals surface area contributed by atoms with Crippen LogP contribution in [0.3, 0.4) is 0 Å². The van der Waals surface area contributed by atoms with Crippen molar-refractivity contribution in [3.63, 3.8) is 0 Å². The van der Waals surface area contributed by atoms with E-state index < -0.39 is 0 Å². The van der Waals surface area contributed by atoms with Gasteiger partial charge in [0.05, 0.1) is 0 Å². The molecule has 0 radical (unpaired) electrons. The molecule has 11 aromatic rings. The molecule has 9 aromatic carbocycles. The van der Waals surface area contributed by atoms with Crippen LogP contribution in [0.25, 0.3) is 109 Å². The van der Waals surface area contributed by atoms with Crippen LogP contribution >= 0.6 is 0 Å². The van der Waals surface area contributed by atoms with Crippen molar-refractivity contribution >= 4 is 53.9 Å². The monoisotopic (exact) mass is 710 g/mol. The highest BCUT2D eigenvalue weighted by atomic mass is 14.6. The van der Waals surface area contributed by atoms with Gasteiger partial charge in [-0.15, -0.1) is 0 Å². The van der Waals surface area contributed by atoms with Gasteiger partial charge in [0.2, 0.25) is 0 Å². The Morgan fingerprint density at radius 3 is 1.11 bits per heavy atom. The summed E-state index contributed by atoms with van der Waals surface area (Å²) in [5.74, 6) is 0. The number of hydrogen-bond acceptors (Lipinski definition) is 2. The molecule has 0 saturated heterocycles. The van der Waals surface area contributed by atoms with Crippen LogP contribution in [0, 0.1) is 0 Å². The second-order valence-electron chi connectivity index (χ2n) is 14.5. The molecule has 0 aliphatic carbocycles. The lowest BCUT2D eigenvalue weighted by Crippen LogP contribution is -1.92. The summed E-state index contributed by atoms with van der Waals surface area (Å²) in [6.45, 7) is 0. The molecule has 260 valence electrons. The van der Waals surface area contributed by atoms with Crippen molar-refractivity contribution in [3.8, 4) is 55.6 Å². The second kappa shape index (κ2) is 13.2. The SMILES string of the molecule is c1ccc(-c2c3ccccc3c(-c3ccc(-c4ccc(-c5c6ccccc6c(-c6ccc7ccccc7c6)c6ccncc56)cc4)cc3)c3cnccc23)cc1. The Morgan fingerprint density at radius 1 is 0.232 bits per heavy atom. The van der Waals surface area contributed by atoms with Crippen molar-refractivity contribution in [2.45, 2.75) is 0 Å². The Kier molecular flexibility index (Phi) is 7.53. The Labute approximate surface area is 325 Å². The van der Waals surface area contributed by atoms with Gasteiger partial charge in [0.1, 0.15) is 0 Å². The lowest BCUT2D eigenvalue weighted by atomic mass is 9.85.